The molecule has 2 atom stereocenters. The van der Waals surface area contributed by atoms with Crippen LogP contribution in [-0.4, -0.2) is 40.9 Å². The molecule has 2 rings (SSSR count). The van der Waals surface area contributed by atoms with Crippen LogP contribution in [0.4, 0.5) is 0 Å². The van der Waals surface area contributed by atoms with E-state index in [1.807, 2.05) is 6.92 Å². The number of likely N-dealkylation sites (tertiary alicyclic amines) is 1. The lowest BCUT2D eigenvalue weighted by Crippen LogP contribution is -2.41. The lowest BCUT2D eigenvalue weighted by molar-refractivity contribution is -0.00540. The second kappa shape index (κ2) is 6.26. The lowest BCUT2D eigenvalue weighted by atomic mass is 10.0. The van der Waals surface area contributed by atoms with Crippen molar-refractivity contribution < 1.29 is 14.9 Å². The number of phenols is 2. The molecule has 2 unspecified atom stereocenters. The fraction of sp³-hybridized carbons (Fsp3) is 0.600. The van der Waals surface area contributed by atoms with Gasteiger partial charge in [0.1, 0.15) is 11.5 Å². The first-order chi connectivity index (χ1) is 9.10. The summed E-state index contributed by atoms with van der Waals surface area (Å²) in [7, 11) is 0. The van der Waals surface area contributed by atoms with Crippen LogP contribution in [0.1, 0.15) is 38.3 Å². The van der Waals surface area contributed by atoms with E-state index in [-0.39, 0.29) is 17.5 Å². The molecule has 0 amide bonds. The summed E-state index contributed by atoms with van der Waals surface area (Å²) in [5, 5.41) is 19.1. The zero-order valence-corrected chi connectivity index (χ0v) is 11.7. The minimum absolute atomic E-state index is 0.111. The third-order valence-corrected chi connectivity index (χ3v) is 3.77. The van der Waals surface area contributed by atoms with Gasteiger partial charge in [0.15, 0.2) is 0 Å². The Kier molecular flexibility index (Phi) is 4.66. The summed E-state index contributed by atoms with van der Waals surface area (Å²) in [6.07, 6.45) is 2.54. The molecule has 1 aliphatic heterocycles. The molecule has 106 valence electrons. The molecular formula is C15H23NO3. The minimum atomic E-state index is 0.111. The highest BCUT2D eigenvalue weighted by molar-refractivity contribution is 5.38. The van der Waals surface area contributed by atoms with Gasteiger partial charge in [-0.05, 0) is 50.9 Å². The fourth-order valence-corrected chi connectivity index (χ4v) is 2.76. The Labute approximate surface area is 114 Å². The van der Waals surface area contributed by atoms with Crippen molar-refractivity contribution in [3.63, 3.8) is 0 Å². The number of piperidine rings is 1. The van der Waals surface area contributed by atoms with Gasteiger partial charge in [0.05, 0.1) is 6.10 Å². The second-order valence-corrected chi connectivity index (χ2v) is 5.17. The van der Waals surface area contributed by atoms with E-state index in [4.69, 9.17) is 4.74 Å². The lowest BCUT2D eigenvalue weighted by Gasteiger charge is -2.36. The molecule has 1 heterocycles. The van der Waals surface area contributed by atoms with Gasteiger partial charge < -0.3 is 14.9 Å². The van der Waals surface area contributed by atoms with E-state index >= 15 is 0 Å². The summed E-state index contributed by atoms with van der Waals surface area (Å²) >= 11 is 0. The maximum atomic E-state index is 9.57. The number of hydrogen-bond donors (Lipinski definition) is 2. The number of phenolic OH excluding ortho intramolecular Hbond substituents is 2. The molecule has 1 aromatic carbocycles. The van der Waals surface area contributed by atoms with Gasteiger partial charge in [0.2, 0.25) is 0 Å². The van der Waals surface area contributed by atoms with Crippen LogP contribution in [0.15, 0.2) is 18.2 Å². The molecule has 1 saturated heterocycles. The summed E-state index contributed by atoms with van der Waals surface area (Å²) in [6, 6.07) is 4.96. The standard InChI is InChI=1S/C15H23NO3/c1-3-19-15-5-4-6-16(10-15)11(2)12-7-13(17)9-14(18)8-12/h7-9,11,15,17-18H,3-6,10H2,1-2H3. The summed E-state index contributed by atoms with van der Waals surface area (Å²) in [5.74, 6) is 0.223. The Morgan fingerprint density at radius 3 is 2.63 bits per heavy atom. The van der Waals surface area contributed by atoms with E-state index < -0.39 is 0 Å². The Bertz CT molecular complexity index is 400. The van der Waals surface area contributed by atoms with Gasteiger partial charge in [0.25, 0.3) is 0 Å². The third kappa shape index (κ3) is 3.61. The molecule has 0 aliphatic carbocycles. The molecule has 0 bridgehead atoms. The summed E-state index contributed by atoms with van der Waals surface area (Å²) in [4.78, 5) is 2.35. The highest BCUT2D eigenvalue weighted by atomic mass is 16.5. The maximum Gasteiger partial charge on any atom is 0.119 e. The topological polar surface area (TPSA) is 52.9 Å². The number of hydrogen-bond acceptors (Lipinski definition) is 4. The van der Waals surface area contributed by atoms with E-state index in [9.17, 15) is 10.2 Å². The molecule has 4 heteroatoms. The number of aromatic hydroxyl groups is 2. The Morgan fingerprint density at radius 2 is 2.00 bits per heavy atom. The van der Waals surface area contributed by atoms with E-state index in [1.165, 1.54) is 6.07 Å². The van der Waals surface area contributed by atoms with Crippen molar-refractivity contribution in [2.45, 2.75) is 38.8 Å². The van der Waals surface area contributed by atoms with Gasteiger partial charge in [0, 0.05) is 25.3 Å². The predicted molar refractivity (Wildman–Crippen MR) is 74.4 cm³/mol. The van der Waals surface area contributed by atoms with Crippen LogP contribution < -0.4 is 0 Å². The zero-order valence-electron chi connectivity index (χ0n) is 11.7. The molecule has 1 aliphatic rings. The van der Waals surface area contributed by atoms with Crippen LogP contribution in [0.2, 0.25) is 0 Å². The van der Waals surface area contributed by atoms with Crippen molar-refractivity contribution in [3.8, 4) is 11.5 Å². The van der Waals surface area contributed by atoms with Gasteiger partial charge in [-0.3, -0.25) is 4.90 Å². The first-order valence-electron chi connectivity index (χ1n) is 6.98. The van der Waals surface area contributed by atoms with Crippen LogP contribution in [0.3, 0.4) is 0 Å². The summed E-state index contributed by atoms with van der Waals surface area (Å²) < 4.78 is 5.71. The number of rotatable bonds is 4. The van der Waals surface area contributed by atoms with Gasteiger partial charge in [-0.25, -0.2) is 0 Å². The Hall–Kier alpha value is -1.26. The normalized spacial score (nSPS) is 22.3. The van der Waals surface area contributed by atoms with Crippen molar-refractivity contribution >= 4 is 0 Å². The molecule has 0 radical (unpaired) electrons. The van der Waals surface area contributed by atoms with Gasteiger partial charge in [-0.2, -0.15) is 0 Å². The molecule has 1 aromatic rings. The first-order valence-corrected chi connectivity index (χ1v) is 6.98. The molecule has 19 heavy (non-hydrogen) atoms. The van der Waals surface area contributed by atoms with Crippen LogP contribution in [0.5, 0.6) is 11.5 Å². The SMILES string of the molecule is CCOC1CCCN(C(C)c2cc(O)cc(O)c2)C1. The molecule has 2 N–H and O–H groups in total. The summed E-state index contributed by atoms with van der Waals surface area (Å²) in [6.45, 7) is 6.81. The fourth-order valence-electron chi connectivity index (χ4n) is 2.76. The number of nitrogens with zero attached hydrogens (tertiary/aromatic N) is 1. The van der Waals surface area contributed by atoms with Crippen molar-refractivity contribution in [1.29, 1.82) is 0 Å². The van der Waals surface area contributed by atoms with Gasteiger partial charge in [-0.1, -0.05) is 0 Å². The largest absolute Gasteiger partial charge is 0.508 e. The van der Waals surface area contributed by atoms with E-state index in [2.05, 4.69) is 11.8 Å². The minimum Gasteiger partial charge on any atom is -0.508 e. The van der Waals surface area contributed by atoms with E-state index in [0.29, 0.717) is 6.10 Å². The molecule has 0 saturated carbocycles. The van der Waals surface area contributed by atoms with E-state index in [0.717, 1.165) is 38.1 Å². The monoisotopic (exact) mass is 265 g/mol. The van der Waals surface area contributed by atoms with Crippen molar-refractivity contribution in [1.82, 2.24) is 4.90 Å². The van der Waals surface area contributed by atoms with Crippen LogP contribution in [0.25, 0.3) is 0 Å². The van der Waals surface area contributed by atoms with Crippen molar-refractivity contribution in [2.24, 2.45) is 0 Å². The smallest absolute Gasteiger partial charge is 0.119 e. The molecule has 0 spiro atoms. The maximum absolute atomic E-state index is 9.57. The number of ether oxygens (including phenoxy) is 1. The first kappa shape index (κ1) is 14.2. The third-order valence-electron chi connectivity index (χ3n) is 3.77. The van der Waals surface area contributed by atoms with Crippen LogP contribution in [-0.2, 0) is 4.74 Å². The average Bonchev–Trinajstić information content (AvgIpc) is 2.37. The molecule has 1 fully saturated rings. The zero-order chi connectivity index (χ0) is 13.8. The van der Waals surface area contributed by atoms with Gasteiger partial charge in [-0.15, -0.1) is 0 Å². The second-order valence-electron chi connectivity index (χ2n) is 5.17. The highest BCUT2D eigenvalue weighted by Crippen LogP contribution is 2.30. The van der Waals surface area contributed by atoms with Crippen molar-refractivity contribution in [2.75, 3.05) is 19.7 Å². The van der Waals surface area contributed by atoms with Crippen molar-refractivity contribution in [3.05, 3.63) is 23.8 Å². The highest BCUT2D eigenvalue weighted by Gasteiger charge is 2.24. The average molecular weight is 265 g/mol. The summed E-state index contributed by atoms with van der Waals surface area (Å²) in [5.41, 5.74) is 0.939. The predicted octanol–water partition coefficient (Wildman–Crippen LogP) is 2.66. The molecule has 4 nitrogen and oxygen atoms in total. The molecular weight excluding hydrogens is 242 g/mol. The molecule has 0 aromatic heterocycles. The van der Waals surface area contributed by atoms with Gasteiger partial charge >= 0.3 is 0 Å². The Balaban J connectivity index is 2.07. The van der Waals surface area contributed by atoms with Crippen LogP contribution in [0, 0.1) is 0 Å². The quantitative estimate of drug-likeness (QED) is 0.878. The van der Waals surface area contributed by atoms with Crippen LogP contribution >= 0.6 is 0 Å². The number of benzene rings is 1. The Morgan fingerprint density at radius 1 is 1.32 bits per heavy atom. The van der Waals surface area contributed by atoms with E-state index in [1.54, 1.807) is 12.1 Å².